The molecule has 0 aliphatic carbocycles. The maximum Gasteiger partial charge on any atom is 0.261 e. The molecule has 2 N–H and O–H groups in total. The van der Waals surface area contributed by atoms with Crippen LogP contribution in [-0.2, 0) is 14.8 Å². The zero-order valence-corrected chi connectivity index (χ0v) is 19.0. The second-order valence-corrected chi connectivity index (χ2v) is 9.56. The van der Waals surface area contributed by atoms with Gasteiger partial charge in [-0.3, -0.25) is 14.3 Å². The maximum atomic E-state index is 13.1. The number of amides is 2. The number of anilines is 1. The molecule has 8 heteroatoms. The van der Waals surface area contributed by atoms with E-state index >= 15 is 0 Å². The Morgan fingerprint density at radius 3 is 2.58 bits per heavy atom. The van der Waals surface area contributed by atoms with E-state index in [1.54, 1.807) is 41.3 Å². The molecule has 1 heterocycles. The minimum Gasteiger partial charge on any atom is -0.354 e. The van der Waals surface area contributed by atoms with Crippen LogP contribution in [-0.4, -0.2) is 44.3 Å². The van der Waals surface area contributed by atoms with Gasteiger partial charge in [-0.15, -0.1) is 0 Å². The molecule has 0 saturated carbocycles. The molecule has 0 unspecified atom stereocenters. The highest BCUT2D eigenvalue weighted by Crippen LogP contribution is 2.23. The molecular weight excluding hydrogens is 414 g/mol. The molecule has 2 aromatic rings. The zero-order valence-electron chi connectivity index (χ0n) is 18.1. The lowest BCUT2D eigenvalue weighted by Gasteiger charge is -2.24. The van der Waals surface area contributed by atoms with Gasteiger partial charge in [-0.1, -0.05) is 19.1 Å². The Balaban J connectivity index is 1.78. The van der Waals surface area contributed by atoms with Gasteiger partial charge in [0.25, 0.3) is 15.9 Å². The van der Waals surface area contributed by atoms with Crippen LogP contribution in [0.15, 0.2) is 47.4 Å². The zero-order chi connectivity index (χ0) is 22.6. The van der Waals surface area contributed by atoms with Gasteiger partial charge in [-0.25, -0.2) is 8.42 Å². The average molecular weight is 444 g/mol. The summed E-state index contributed by atoms with van der Waals surface area (Å²) in [6.07, 6.45) is 2.21. The smallest absolute Gasteiger partial charge is 0.261 e. The van der Waals surface area contributed by atoms with E-state index in [9.17, 15) is 18.0 Å². The number of carbonyl (C=O) groups excluding carboxylic acids is 2. The quantitative estimate of drug-likeness (QED) is 0.687. The molecule has 0 bridgehead atoms. The van der Waals surface area contributed by atoms with Crippen LogP contribution >= 0.6 is 0 Å². The number of hydrogen-bond acceptors (Lipinski definition) is 4. The highest BCUT2D eigenvalue weighted by molar-refractivity contribution is 7.92. The van der Waals surface area contributed by atoms with Crippen LogP contribution in [0.5, 0.6) is 0 Å². The molecule has 1 aliphatic heterocycles. The predicted molar refractivity (Wildman–Crippen MR) is 121 cm³/mol. The van der Waals surface area contributed by atoms with Crippen molar-refractivity contribution in [3.8, 4) is 0 Å². The van der Waals surface area contributed by atoms with Crippen molar-refractivity contribution in [3.05, 3.63) is 59.2 Å². The SMILES string of the molecule is CCCNC(=O)[C@H]1CCCN1C(=O)c1cccc(NS(=O)(=O)c2ccc(C)c(C)c2)c1. The molecule has 1 atom stereocenters. The summed E-state index contributed by atoms with van der Waals surface area (Å²) in [7, 11) is -3.79. The summed E-state index contributed by atoms with van der Waals surface area (Å²) >= 11 is 0. The van der Waals surface area contributed by atoms with Crippen LogP contribution < -0.4 is 10.0 Å². The summed E-state index contributed by atoms with van der Waals surface area (Å²) in [6, 6.07) is 10.8. The number of carbonyl (C=O) groups is 2. The molecule has 0 spiro atoms. The number of nitrogens with one attached hydrogen (secondary N) is 2. The van der Waals surface area contributed by atoms with Crippen molar-refractivity contribution < 1.29 is 18.0 Å². The van der Waals surface area contributed by atoms with E-state index in [4.69, 9.17) is 0 Å². The number of benzene rings is 2. The number of sulfonamides is 1. The third-order valence-electron chi connectivity index (χ3n) is 5.52. The molecule has 166 valence electrons. The van der Waals surface area contributed by atoms with Gasteiger partial charge in [-0.2, -0.15) is 0 Å². The van der Waals surface area contributed by atoms with Crippen molar-refractivity contribution in [3.63, 3.8) is 0 Å². The molecule has 2 aromatic carbocycles. The van der Waals surface area contributed by atoms with E-state index in [0.717, 1.165) is 24.0 Å². The molecule has 0 radical (unpaired) electrons. The van der Waals surface area contributed by atoms with E-state index < -0.39 is 16.1 Å². The van der Waals surface area contributed by atoms with E-state index in [1.165, 1.54) is 6.07 Å². The van der Waals surface area contributed by atoms with Crippen LogP contribution in [0, 0.1) is 13.8 Å². The van der Waals surface area contributed by atoms with Crippen LogP contribution in [0.4, 0.5) is 5.69 Å². The Morgan fingerprint density at radius 1 is 1.10 bits per heavy atom. The van der Waals surface area contributed by atoms with E-state index in [1.807, 2.05) is 20.8 Å². The Labute approximate surface area is 183 Å². The topological polar surface area (TPSA) is 95.6 Å². The first-order chi connectivity index (χ1) is 14.7. The normalized spacial score (nSPS) is 16.2. The number of likely N-dealkylation sites (tertiary alicyclic amines) is 1. The van der Waals surface area contributed by atoms with Gasteiger partial charge in [0, 0.05) is 24.3 Å². The highest BCUT2D eigenvalue weighted by atomic mass is 32.2. The highest BCUT2D eigenvalue weighted by Gasteiger charge is 2.34. The Kier molecular flexibility index (Phi) is 7.00. The van der Waals surface area contributed by atoms with Crippen LogP contribution in [0.2, 0.25) is 0 Å². The van der Waals surface area contributed by atoms with Crippen molar-refractivity contribution in [1.82, 2.24) is 10.2 Å². The fourth-order valence-electron chi connectivity index (χ4n) is 3.63. The van der Waals surface area contributed by atoms with E-state index in [0.29, 0.717) is 30.8 Å². The van der Waals surface area contributed by atoms with Gasteiger partial charge < -0.3 is 10.2 Å². The largest absolute Gasteiger partial charge is 0.354 e. The monoisotopic (exact) mass is 443 g/mol. The van der Waals surface area contributed by atoms with Crippen LogP contribution in [0.1, 0.15) is 47.7 Å². The fraction of sp³-hybridized carbons (Fsp3) is 0.391. The Bertz CT molecular complexity index is 1080. The number of hydrogen-bond donors (Lipinski definition) is 2. The first kappa shape index (κ1) is 22.8. The second kappa shape index (κ2) is 9.51. The lowest BCUT2D eigenvalue weighted by molar-refractivity contribution is -0.124. The predicted octanol–water partition coefficient (Wildman–Crippen LogP) is 3.24. The third kappa shape index (κ3) is 5.25. The minimum atomic E-state index is -3.79. The maximum absolute atomic E-state index is 13.1. The molecule has 1 fully saturated rings. The molecule has 1 saturated heterocycles. The average Bonchev–Trinajstić information content (AvgIpc) is 3.23. The van der Waals surface area contributed by atoms with Crippen molar-refractivity contribution in [1.29, 1.82) is 0 Å². The van der Waals surface area contributed by atoms with Crippen LogP contribution in [0.25, 0.3) is 0 Å². The van der Waals surface area contributed by atoms with Crippen molar-refractivity contribution in [2.45, 2.75) is 51.0 Å². The van der Waals surface area contributed by atoms with Crippen molar-refractivity contribution >= 4 is 27.5 Å². The van der Waals surface area contributed by atoms with Gasteiger partial charge in [0.1, 0.15) is 6.04 Å². The number of nitrogens with zero attached hydrogens (tertiary/aromatic N) is 1. The van der Waals surface area contributed by atoms with Gasteiger partial charge >= 0.3 is 0 Å². The van der Waals surface area contributed by atoms with E-state index in [-0.39, 0.29) is 16.7 Å². The van der Waals surface area contributed by atoms with Crippen molar-refractivity contribution in [2.75, 3.05) is 17.8 Å². The lowest BCUT2D eigenvalue weighted by atomic mass is 10.1. The van der Waals surface area contributed by atoms with Gasteiger partial charge in [-0.05, 0) is 74.6 Å². The van der Waals surface area contributed by atoms with Gasteiger partial charge in [0.05, 0.1) is 4.90 Å². The molecule has 1 aliphatic rings. The summed E-state index contributed by atoms with van der Waals surface area (Å²) in [5, 5.41) is 2.86. The molecule has 2 amide bonds. The first-order valence-electron chi connectivity index (χ1n) is 10.5. The first-order valence-corrected chi connectivity index (χ1v) is 12.0. The Morgan fingerprint density at radius 2 is 1.87 bits per heavy atom. The minimum absolute atomic E-state index is 0.140. The standard InChI is InChI=1S/C23H29N3O4S/c1-4-12-24-22(27)21-9-6-13-26(21)23(28)18-7-5-8-19(15-18)25-31(29,30)20-11-10-16(2)17(3)14-20/h5,7-8,10-11,14-15,21,25H,4,6,9,12-13H2,1-3H3,(H,24,27)/t21-/m1/s1. The second-order valence-electron chi connectivity index (χ2n) is 7.88. The number of aryl methyl sites for hydroxylation is 2. The fourth-order valence-corrected chi connectivity index (χ4v) is 4.76. The van der Waals surface area contributed by atoms with Gasteiger partial charge in [0.15, 0.2) is 0 Å². The number of rotatable bonds is 7. The molecule has 3 rings (SSSR count). The molecular formula is C23H29N3O4S. The summed E-state index contributed by atoms with van der Waals surface area (Å²) in [4.78, 5) is 27.2. The third-order valence-corrected chi connectivity index (χ3v) is 6.89. The molecule has 0 aromatic heterocycles. The van der Waals surface area contributed by atoms with Crippen molar-refractivity contribution in [2.24, 2.45) is 0 Å². The van der Waals surface area contributed by atoms with Gasteiger partial charge in [0.2, 0.25) is 5.91 Å². The summed E-state index contributed by atoms with van der Waals surface area (Å²) in [5.74, 6) is -0.416. The molecule has 31 heavy (non-hydrogen) atoms. The van der Waals surface area contributed by atoms with E-state index in [2.05, 4.69) is 10.0 Å². The Hall–Kier alpha value is -2.87. The summed E-state index contributed by atoms with van der Waals surface area (Å²) < 4.78 is 28.1. The lowest BCUT2D eigenvalue weighted by Crippen LogP contribution is -2.46. The summed E-state index contributed by atoms with van der Waals surface area (Å²) in [6.45, 7) is 6.83. The summed E-state index contributed by atoms with van der Waals surface area (Å²) in [5.41, 5.74) is 2.54. The molecule has 7 nitrogen and oxygen atoms in total. The van der Waals surface area contributed by atoms with Crippen LogP contribution in [0.3, 0.4) is 0 Å².